The van der Waals surface area contributed by atoms with E-state index in [2.05, 4.69) is 5.32 Å². The standard InChI is InChI=1S/C16H22NO3PSi/c1-22(2,3)20-21(18,19)16(14-10-6-4-7-11-14)17-15-12-8-5-9-13-15/h4-13,16-17H,1-3H3,(H,18,19). The Bertz CT molecular complexity index is 643. The first-order chi connectivity index (χ1) is 10.3. The van der Waals surface area contributed by atoms with Gasteiger partial charge in [0, 0.05) is 5.69 Å². The summed E-state index contributed by atoms with van der Waals surface area (Å²) < 4.78 is 18.4. The van der Waals surface area contributed by atoms with E-state index in [1.165, 1.54) is 0 Å². The summed E-state index contributed by atoms with van der Waals surface area (Å²) in [6.45, 7) is 5.71. The summed E-state index contributed by atoms with van der Waals surface area (Å²) in [5, 5.41) is 3.14. The van der Waals surface area contributed by atoms with Crippen molar-refractivity contribution in [2.24, 2.45) is 0 Å². The minimum atomic E-state index is -3.86. The van der Waals surface area contributed by atoms with Crippen molar-refractivity contribution in [3.05, 3.63) is 66.2 Å². The maximum Gasteiger partial charge on any atom is 0.345 e. The van der Waals surface area contributed by atoms with Crippen molar-refractivity contribution >= 4 is 21.6 Å². The fourth-order valence-corrected chi connectivity index (χ4v) is 6.55. The van der Waals surface area contributed by atoms with Gasteiger partial charge >= 0.3 is 7.60 Å². The van der Waals surface area contributed by atoms with Crippen LogP contribution in [0, 0.1) is 0 Å². The molecule has 0 fully saturated rings. The quantitative estimate of drug-likeness (QED) is 0.586. The van der Waals surface area contributed by atoms with Gasteiger partial charge in [-0.05, 0) is 37.3 Å². The third kappa shape index (κ3) is 4.82. The molecule has 0 aliphatic rings. The zero-order chi connectivity index (χ0) is 16.2. The highest BCUT2D eigenvalue weighted by Gasteiger charge is 2.38. The average Bonchev–Trinajstić information content (AvgIpc) is 2.44. The van der Waals surface area contributed by atoms with E-state index >= 15 is 0 Å². The molecule has 6 heteroatoms. The fraction of sp³-hybridized carbons (Fsp3) is 0.250. The first kappa shape index (κ1) is 17.0. The van der Waals surface area contributed by atoms with Gasteiger partial charge in [-0.2, -0.15) is 0 Å². The maximum atomic E-state index is 12.8. The van der Waals surface area contributed by atoms with Crippen molar-refractivity contribution in [1.29, 1.82) is 0 Å². The molecule has 2 unspecified atom stereocenters. The van der Waals surface area contributed by atoms with Gasteiger partial charge in [-0.3, -0.25) is 4.57 Å². The highest BCUT2D eigenvalue weighted by molar-refractivity contribution is 7.55. The minimum Gasteiger partial charge on any atom is -0.368 e. The summed E-state index contributed by atoms with van der Waals surface area (Å²) in [5.74, 6) is -0.789. The molecule has 0 saturated carbocycles. The van der Waals surface area contributed by atoms with Gasteiger partial charge in [0.25, 0.3) is 0 Å². The Labute approximate surface area is 132 Å². The molecular formula is C16H22NO3PSi. The Morgan fingerprint density at radius 3 is 2.00 bits per heavy atom. The van der Waals surface area contributed by atoms with Crippen LogP contribution in [0.5, 0.6) is 0 Å². The van der Waals surface area contributed by atoms with Crippen LogP contribution in [0.2, 0.25) is 19.6 Å². The molecule has 2 N–H and O–H groups in total. The van der Waals surface area contributed by atoms with Crippen LogP contribution in [-0.4, -0.2) is 13.2 Å². The molecule has 0 spiro atoms. The Balaban J connectivity index is 2.36. The van der Waals surface area contributed by atoms with E-state index in [4.69, 9.17) is 4.21 Å². The van der Waals surface area contributed by atoms with Crippen LogP contribution < -0.4 is 5.32 Å². The van der Waals surface area contributed by atoms with Gasteiger partial charge in [-0.25, -0.2) is 0 Å². The summed E-state index contributed by atoms with van der Waals surface area (Å²) >= 11 is 0. The number of para-hydroxylation sites is 1. The highest BCUT2D eigenvalue weighted by atomic mass is 31.2. The van der Waals surface area contributed by atoms with Gasteiger partial charge in [0.15, 0.2) is 14.1 Å². The van der Waals surface area contributed by atoms with Crippen LogP contribution in [0.4, 0.5) is 5.69 Å². The molecule has 0 aromatic heterocycles. The van der Waals surface area contributed by atoms with Crippen LogP contribution in [-0.2, 0) is 8.78 Å². The smallest absolute Gasteiger partial charge is 0.345 e. The normalized spacial score (nSPS) is 15.8. The molecule has 0 radical (unpaired) electrons. The van der Waals surface area contributed by atoms with Gasteiger partial charge in [-0.15, -0.1) is 0 Å². The zero-order valence-electron chi connectivity index (χ0n) is 13.1. The lowest BCUT2D eigenvalue weighted by molar-refractivity contribution is 0.368. The van der Waals surface area contributed by atoms with Gasteiger partial charge in [-0.1, -0.05) is 48.5 Å². The van der Waals surface area contributed by atoms with Crippen LogP contribution in [0.15, 0.2) is 60.7 Å². The molecule has 0 amide bonds. The zero-order valence-corrected chi connectivity index (χ0v) is 15.0. The molecule has 0 heterocycles. The Morgan fingerprint density at radius 1 is 1.00 bits per heavy atom. The van der Waals surface area contributed by atoms with E-state index in [0.29, 0.717) is 0 Å². The second-order valence-electron chi connectivity index (χ2n) is 6.09. The van der Waals surface area contributed by atoms with Crippen molar-refractivity contribution in [2.45, 2.75) is 25.4 Å². The van der Waals surface area contributed by atoms with Crippen LogP contribution >= 0.6 is 7.60 Å². The maximum absolute atomic E-state index is 12.8. The number of nitrogens with one attached hydrogen (secondary N) is 1. The molecule has 22 heavy (non-hydrogen) atoms. The Hall–Kier alpha value is -1.39. The van der Waals surface area contributed by atoms with Gasteiger partial charge in [0.05, 0.1) is 0 Å². The molecule has 118 valence electrons. The number of anilines is 1. The minimum absolute atomic E-state index is 0.732. The van der Waals surface area contributed by atoms with Crippen molar-refractivity contribution < 1.29 is 13.7 Å². The summed E-state index contributed by atoms with van der Waals surface area (Å²) in [6, 6.07) is 18.6. The van der Waals surface area contributed by atoms with E-state index in [9.17, 15) is 9.46 Å². The lowest BCUT2D eigenvalue weighted by Crippen LogP contribution is -2.26. The third-order valence-corrected chi connectivity index (χ3v) is 7.24. The number of hydrogen-bond donors (Lipinski definition) is 2. The van der Waals surface area contributed by atoms with Crippen LogP contribution in [0.1, 0.15) is 11.3 Å². The van der Waals surface area contributed by atoms with Crippen molar-refractivity contribution in [3.8, 4) is 0 Å². The van der Waals surface area contributed by atoms with Gasteiger partial charge < -0.3 is 14.4 Å². The molecule has 4 nitrogen and oxygen atoms in total. The predicted octanol–water partition coefficient (Wildman–Crippen LogP) is 4.83. The molecule has 0 aliphatic heterocycles. The lowest BCUT2D eigenvalue weighted by Gasteiger charge is -2.29. The molecule has 0 saturated heterocycles. The molecule has 2 aromatic carbocycles. The SMILES string of the molecule is C[Si](C)(C)OP(=O)(O)C(Nc1ccccc1)c1ccccc1. The molecule has 2 atom stereocenters. The molecule has 2 aromatic rings. The third-order valence-electron chi connectivity index (χ3n) is 2.92. The van der Waals surface area contributed by atoms with Crippen LogP contribution in [0.3, 0.4) is 0 Å². The summed E-state index contributed by atoms with van der Waals surface area (Å²) in [6.07, 6.45) is 0. The van der Waals surface area contributed by atoms with Crippen molar-refractivity contribution in [2.75, 3.05) is 5.32 Å². The topological polar surface area (TPSA) is 58.6 Å². The Kier molecular flexibility index (Phi) is 5.24. The molecule has 0 bridgehead atoms. The average molecular weight is 335 g/mol. The largest absolute Gasteiger partial charge is 0.368 e. The summed E-state index contributed by atoms with van der Waals surface area (Å²) in [5.41, 5.74) is 1.51. The van der Waals surface area contributed by atoms with Crippen molar-refractivity contribution in [3.63, 3.8) is 0 Å². The first-order valence-electron chi connectivity index (χ1n) is 7.18. The van der Waals surface area contributed by atoms with Gasteiger partial charge in [0.2, 0.25) is 0 Å². The van der Waals surface area contributed by atoms with E-state index < -0.39 is 21.7 Å². The van der Waals surface area contributed by atoms with Crippen LogP contribution in [0.25, 0.3) is 0 Å². The van der Waals surface area contributed by atoms with E-state index in [0.717, 1.165) is 11.3 Å². The number of hydrogen-bond acceptors (Lipinski definition) is 3. The second-order valence-corrected chi connectivity index (χ2v) is 12.7. The molecular weight excluding hydrogens is 313 g/mol. The predicted molar refractivity (Wildman–Crippen MR) is 93.5 cm³/mol. The summed E-state index contributed by atoms with van der Waals surface area (Å²) in [4.78, 5) is 10.5. The lowest BCUT2D eigenvalue weighted by atomic mass is 10.2. The number of rotatable bonds is 6. The van der Waals surface area contributed by atoms with Gasteiger partial charge in [0.1, 0.15) is 0 Å². The highest BCUT2D eigenvalue weighted by Crippen LogP contribution is 2.58. The first-order valence-corrected chi connectivity index (χ1v) is 12.2. The Morgan fingerprint density at radius 2 is 1.50 bits per heavy atom. The monoisotopic (exact) mass is 335 g/mol. The molecule has 0 aliphatic carbocycles. The van der Waals surface area contributed by atoms with E-state index in [-0.39, 0.29) is 0 Å². The van der Waals surface area contributed by atoms with E-state index in [1.54, 1.807) is 0 Å². The second kappa shape index (κ2) is 6.80. The number of benzene rings is 2. The van der Waals surface area contributed by atoms with E-state index in [1.807, 2.05) is 80.3 Å². The molecule has 2 rings (SSSR count). The van der Waals surface area contributed by atoms with Crippen molar-refractivity contribution in [1.82, 2.24) is 0 Å². The fourth-order valence-electron chi connectivity index (χ4n) is 2.13. The summed E-state index contributed by atoms with van der Waals surface area (Å²) in [7, 11) is -6.02.